The molecule has 1 aliphatic heterocycles. The largest absolute Gasteiger partial charge is 0.393 e. The highest BCUT2D eigenvalue weighted by molar-refractivity contribution is 4.55. The monoisotopic (exact) mass is 132 g/mol. The first-order valence-corrected chi connectivity index (χ1v) is 3.20. The maximum Gasteiger partial charge on any atom is 0.160 e. The normalized spacial score (nSPS) is 24.7. The molecule has 1 rings (SSSR count). The molecule has 1 heterocycles. The Morgan fingerprint density at radius 3 is 2.56 bits per heavy atom. The minimum absolute atomic E-state index is 0.162. The summed E-state index contributed by atoms with van der Waals surface area (Å²) in [6.45, 7) is 3.06. The van der Waals surface area contributed by atoms with Crippen molar-refractivity contribution in [2.75, 3.05) is 13.2 Å². The average Bonchev–Trinajstić information content (AvgIpc) is 2.15. The highest BCUT2D eigenvalue weighted by Gasteiger charge is 2.17. The second kappa shape index (κ2) is 3.15. The molecule has 1 fully saturated rings. The van der Waals surface area contributed by atoms with Gasteiger partial charge in [-0.1, -0.05) is 0 Å². The topological polar surface area (TPSA) is 38.7 Å². The summed E-state index contributed by atoms with van der Waals surface area (Å²) in [5.74, 6) is 0. The van der Waals surface area contributed by atoms with Gasteiger partial charge in [-0.25, -0.2) is 0 Å². The summed E-state index contributed by atoms with van der Waals surface area (Å²) in [7, 11) is 0. The first kappa shape index (κ1) is 6.99. The third-order valence-corrected chi connectivity index (χ3v) is 1.22. The molecule has 0 bridgehead atoms. The van der Waals surface area contributed by atoms with Crippen LogP contribution in [0.25, 0.3) is 0 Å². The van der Waals surface area contributed by atoms with Crippen LogP contribution in [0, 0.1) is 0 Å². The summed E-state index contributed by atoms with van der Waals surface area (Å²) in [5.41, 5.74) is 0. The molecule has 0 aromatic carbocycles. The summed E-state index contributed by atoms with van der Waals surface area (Å²) in [6, 6.07) is 0. The molecule has 1 atom stereocenters. The molecule has 54 valence electrons. The van der Waals surface area contributed by atoms with Crippen LogP contribution in [0.3, 0.4) is 0 Å². The van der Waals surface area contributed by atoms with E-state index in [1.807, 2.05) is 0 Å². The van der Waals surface area contributed by atoms with Crippen molar-refractivity contribution >= 4 is 0 Å². The Balaban J connectivity index is 2.11. The molecule has 1 aliphatic rings. The number of rotatable bonds is 2. The Hall–Kier alpha value is -0.120. The lowest BCUT2D eigenvalue weighted by Crippen LogP contribution is -2.15. The molecule has 1 unspecified atom stereocenters. The fraction of sp³-hybridized carbons (Fsp3) is 1.00. The van der Waals surface area contributed by atoms with E-state index in [1.165, 1.54) is 0 Å². The third-order valence-electron chi connectivity index (χ3n) is 1.22. The smallest absolute Gasteiger partial charge is 0.160 e. The number of hydrogen-bond donors (Lipinski definition) is 1. The molecule has 3 heteroatoms. The van der Waals surface area contributed by atoms with Crippen molar-refractivity contribution in [2.24, 2.45) is 0 Å². The van der Waals surface area contributed by atoms with Crippen LogP contribution in [-0.4, -0.2) is 30.7 Å². The molecule has 0 aliphatic carbocycles. The van der Waals surface area contributed by atoms with Gasteiger partial charge >= 0.3 is 0 Å². The number of aliphatic hydroxyl groups is 1. The summed E-state index contributed by atoms with van der Waals surface area (Å²) >= 11 is 0. The van der Waals surface area contributed by atoms with Gasteiger partial charge in [-0.2, -0.15) is 0 Å². The standard InChI is InChI=1S/C6H12O3/c1-5(7)4-6-8-2-3-9-6/h5-7H,2-4H2,1H3. The van der Waals surface area contributed by atoms with Crippen LogP contribution in [0.4, 0.5) is 0 Å². The Morgan fingerprint density at radius 1 is 1.56 bits per heavy atom. The lowest BCUT2D eigenvalue weighted by atomic mass is 10.3. The minimum atomic E-state index is -0.326. The van der Waals surface area contributed by atoms with Crippen molar-refractivity contribution in [2.45, 2.75) is 25.7 Å². The Morgan fingerprint density at radius 2 is 2.11 bits per heavy atom. The van der Waals surface area contributed by atoms with E-state index < -0.39 is 0 Å². The second-order valence-corrected chi connectivity index (χ2v) is 2.26. The van der Waals surface area contributed by atoms with E-state index in [2.05, 4.69) is 0 Å². The predicted molar refractivity (Wildman–Crippen MR) is 32.0 cm³/mol. The zero-order valence-corrected chi connectivity index (χ0v) is 5.54. The fourth-order valence-corrected chi connectivity index (χ4v) is 0.822. The highest BCUT2D eigenvalue weighted by Crippen LogP contribution is 2.09. The van der Waals surface area contributed by atoms with Crippen molar-refractivity contribution in [1.82, 2.24) is 0 Å². The minimum Gasteiger partial charge on any atom is -0.393 e. The molecule has 0 aromatic heterocycles. The second-order valence-electron chi connectivity index (χ2n) is 2.26. The quantitative estimate of drug-likeness (QED) is 0.580. The first-order chi connectivity index (χ1) is 4.29. The zero-order chi connectivity index (χ0) is 6.69. The molecule has 0 radical (unpaired) electrons. The van der Waals surface area contributed by atoms with Crippen molar-refractivity contribution in [1.29, 1.82) is 0 Å². The molecule has 9 heavy (non-hydrogen) atoms. The predicted octanol–water partition coefficient (Wildman–Crippen LogP) is 0.130. The van der Waals surface area contributed by atoms with Gasteiger partial charge in [0.05, 0.1) is 19.3 Å². The molecular formula is C6H12O3. The molecule has 0 spiro atoms. The molecular weight excluding hydrogens is 120 g/mol. The van der Waals surface area contributed by atoms with E-state index in [0.717, 1.165) is 0 Å². The van der Waals surface area contributed by atoms with E-state index in [4.69, 9.17) is 14.6 Å². The third kappa shape index (κ3) is 2.30. The molecule has 1 N–H and O–H groups in total. The van der Waals surface area contributed by atoms with E-state index in [1.54, 1.807) is 6.92 Å². The molecule has 1 saturated heterocycles. The maximum atomic E-state index is 8.85. The molecule has 0 amide bonds. The lowest BCUT2D eigenvalue weighted by Gasteiger charge is -2.09. The first-order valence-electron chi connectivity index (χ1n) is 3.20. The van der Waals surface area contributed by atoms with Crippen LogP contribution >= 0.6 is 0 Å². The number of aliphatic hydroxyl groups excluding tert-OH is 1. The van der Waals surface area contributed by atoms with Crippen LogP contribution in [0.2, 0.25) is 0 Å². The molecule has 0 saturated carbocycles. The van der Waals surface area contributed by atoms with Gasteiger partial charge in [-0.15, -0.1) is 0 Å². The van der Waals surface area contributed by atoms with E-state index in [0.29, 0.717) is 19.6 Å². The van der Waals surface area contributed by atoms with Crippen molar-refractivity contribution in [3.8, 4) is 0 Å². The number of ether oxygens (including phenoxy) is 2. The molecule has 3 nitrogen and oxygen atoms in total. The lowest BCUT2D eigenvalue weighted by molar-refractivity contribution is -0.0672. The summed E-state index contributed by atoms with van der Waals surface area (Å²) in [6.07, 6.45) is 0.0955. The average molecular weight is 132 g/mol. The van der Waals surface area contributed by atoms with Crippen LogP contribution in [-0.2, 0) is 9.47 Å². The van der Waals surface area contributed by atoms with Gasteiger partial charge in [-0.3, -0.25) is 0 Å². The van der Waals surface area contributed by atoms with E-state index >= 15 is 0 Å². The Kier molecular flexibility index (Phi) is 2.45. The number of hydrogen-bond acceptors (Lipinski definition) is 3. The molecule has 0 aromatic rings. The van der Waals surface area contributed by atoms with Gasteiger partial charge < -0.3 is 14.6 Å². The van der Waals surface area contributed by atoms with Gasteiger partial charge in [0.1, 0.15) is 0 Å². The van der Waals surface area contributed by atoms with Crippen molar-refractivity contribution in [3.63, 3.8) is 0 Å². The van der Waals surface area contributed by atoms with Crippen molar-refractivity contribution < 1.29 is 14.6 Å². The highest BCUT2D eigenvalue weighted by atomic mass is 16.7. The van der Waals surface area contributed by atoms with Crippen LogP contribution in [0.15, 0.2) is 0 Å². The van der Waals surface area contributed by atoms with E-state index in [-0.39, 0.29) is 12.4 Å². The van der Waals surface area contributed by atoms with E-state index in [9.17, 15) is 0 Å². The Bertz CT molecular complexity index is 76.4. The van der Waals surface area contributed by atoms with Crippen molar-refractivity contribution in [3.05, 3.63) is 0 Å². The summed E-state index contributed by atoms with van der Waals surface area (Å²) in [4.78, 5) is 0. The SMILES string of the molecule is CC(O)CC1OCCO1. The van der Waals surface area contributed by atoms with Gasteiger partial charge in [-0.05, 0) is 6.92 Å². The Labute approximate surface area is 54.6 Å². The van der Waals surface area contributed by atoms with Gasteiger partial charge in [0, 0.05) is 6.42 Å². The van der Waals surface area contributed by atoms with Gasteiger partial charge in [0.15, 0.2) is 6.29 Å². The summed E-state index contributed by atoms with van der Waals surface area (Å²) < 4.78 is 10.2. The maximum absolute atomic E-state index is 8.85. The zero-order valence-electron chi connectivity index (χ0n) is 5.54. The van der Waals surface area contributed by atoms with Crippen LogP contribution in [0.5, 0.6) is 0 Å². The van der Waals surface area contributed by atoms with Gasteiger partial charge in [0.2, 0.25) is 0 Å². The fourth-order valence-electron chi connectivity index (χ4n) is 0.822. The van der Waals surface area contributed by atoms with Gasteiger partial charge in [0.25, 0.3) is 0 Å². The summed E-state index contributed by atoms with van der Waals surface area (Å²) in [5, 5.41) is 8.85. The van der Waals surface area contributed by atoms with Crippen LogP contribution < -0.4 is 0 Å². The van der Waals surface area contributed by atoms with Crippen LogP contribution in [0.1, 0.15) is 13.3 Å².